The molecular formula is C13H28BNO9P2. The van der Waals surface area contributed by atoms with Gasteiger partial charge in [-0.2, -0.15) is 0 Å². The molecule has 2 radical (unpaired) electrons. The molecule has 0 amide bonds. The van der Waals surface area contributed by atoms with E-state index < -0.39 is 45.6 Å². The summed E-state index contributed by atoms with van der Waals surface area (Å²) in [7, 11) is 3.39. The van der Waals surface area contributed by atoms with E-state index in [1.165, 1.54) is 34.7 Å². The van der Waals surface area contributed by atoms with Crippen molar-refractivity contribution in [3.8, 4) is 0 Å². The molecule has 0 aromatic carbocycles. The first-order chi connectivity index (χ1) is 12.1. The van der Waals surface area contributed by atoms with Crippen molar-refractivity contribution >= 4 is 23.0 Å². The molecule has 0 aromatic heterocycles. The van der Waals surface area contributed by atoms with Gasteiger partial charge in [0.15, 0.2) is 0 Å². The lowest BCUT2D eigenvalue weighted by molar-refractivity contribution is -0.0792. The summed E-state index contributed by atoms with van der Waals surface area (Å²) in [6.07, 6.45) is -2.98. The van der Waals surface area contributed by atoms with Gasteiger partial charge in [0.2, 0.25) is 0 Å². The largest absolute Gasteiger partial charge is 0.382 e. The monoisotopic (exact) mass is 415 g/mol. The minimum Gasteiger partial charge on any atom is -0.382 e. The summed E-state index contributed by atoms with van der Waals surface area (Å²) in [6, 6.07) is -0.907. The Morgan fingerprint density at radius 1 is 1.12 bits per heavy atom. The summed E-state index contributed by atoms with van der Waals surface area (Å²) in [5.74, 6) is 0. The van der Waals surface area contributed by atoms with Crippen molar-refractivity contribution in [3.63, 3.8) is 0 Å². The molecule has 2 N–H and O–H groups in total. The van der Waals surface area contributed by atoms with Gasteiger partial charge in [0.25, 0.3) is 0 Å². The van der Waals surface area contributed by atoms with Gasteiger partial charge in [0, 0.05) is 47.2 Å². The first kappa shape index (κ1) is 24.2. The topological polar surface area (TPSA) is 125 Å². The third-order valence-corrected chi connectivity index (χ3v) is 6.33. The molecule has 1 aliphatic heterocycles. The molecule has 1 fully saturated rings. The predicted molar refractivity (Wildman–Crippen MR) is 95.9 cm³/mol. The Morgan fingerprint density at radius 3 is 2.23 bits per heavy atom. The van der Waals surface area contributed by atoms with E-state index in [2.05, 4.69) is 0 Å². The Bertz CT molecular complexity index is 526. The van der Waals surface area contributed by atoms with E-state index in [9.17, 15) is 9.13 Å². The van der Waals surface area contributed by atoms with Crippen LogP contribution in [0, 0.1) is 0 Å². The molecule has 26 heavy (non-hydrogen) atoms. The highest BCUT2D eigenvalue weighted by Gasteiger charge is 2.47. The maximum Gasteiger partial charge on any atom is 0.327 e. The van der Waals surface area contributed by atoms with Gasteiger partial charge < -0.3 is 33.5 Å². The van der Waals surface area contributed by atoms with E-state index in [4.69, 9.17) is 45.9 Å². The van der Waals surface area contributed by atoms with Crippen molar-refractivity contribution in [2.24, 2.45) is 5.73 Å². The smallest absolute Gasteiger partial charge is 0.327 e. The minimum absolute atomic E-state index is 0.166. The predicted octanol–water partition coefficient (Wildman–Crippen LogP) is 0.579. The highest BCUT2D eigenvalue weighted by Crippen LogP contribution is 2.48. The fourth-order valence-corrected chi connectivity index (χ4v) is 3.58. The summed E-state index contributed by atoms with van der Waals surface area (Å²) >= 11 is 0. The minimum atomic E-state index is -3.40. The zero-order chi connectivity index (χ0) is 20.0. The number of rotatable bonds is 12. The average Bonchev–Trinajstić information content (AvgIpc) is 2.87. The third-order valence-electron chi connectivity index (χ3n) is 3.76. The lowest BCUT2D eigenvalue weighted by Gasteiger charge is -2.29. The molecule has 1 heterocycles. The highest BCUT2D eigenvalue weighted by molar-refractivity contribution is 7.53. The van der Waals surface area contributed by atoms with Crippen LogP contribution in [-0.4, -0.2) is 92.7 Å². The number of methoxy groups -OCH3 is 1. The van der Waals surface area contributed by atoms with Gasteiger partial charge in [-0.05, 0) is 0 Å². The molecule has 1 saturated heterocycles. The summed E-state index contributed by atoms with van der Waals surface area (Å²) < 4.78 is 61.3. The van der Waals surface area contributed by atoms with Crippen molar-refractivity contribution < 1.29 is 41.4 Å². The lowest BCUT2D eigenvalue weighted by atomic mass is 9.92. The van der Waals surface area contributed by atoms with Gasteiger partial charge in [-0.25, -0.2) is 0 Å². The SMILES string of the molecule is [B][C@@H]1O[C@H](COP(C)(=O)OC)C(OP(C)(=O)OC)[C@@H]1OC(CN)COC. The van der Waals surface area contributed by atoms with Crippen LogP contribution in [0.4, 0.5) is 0 Å². The Hall–Kier alpha value is 0.205. The molecule has 0 aliphatic carbocycles. The molecule has 4 unspecified atom stereocenters. The zero-order valence-corrected chi connectivity index (χ0v) is 17.5. The van der Waals surface area contributed by atoms with Gasteiger partial charge in [0.1, 0.15) is 26.2 Å². The van der Waals surface area contributed by atoms with Crippen molar-refractivity contribution in [3.05, 3.63) is 0 Å². The summed E-state index contributed by atoms with van der Waals surface area (Å²) in [5, 5.41) is 0. The summed E-state index contributed by atoms with van der Waals surface area (Å²) in [6.45, 7) is 2.86. The van der Waals surface area contributed by atoms with Crippen LogP contribution in [0.2, 0.25) is 0 Å². The second-order valence-corrected chi connectivity index (χ2v) is 10.1. The van der Waals surface area contributed by atoms with Gasteiger partial charge in [-0.3, -0.25) is 13.7 Å². The standard InChI is InChI=1S/C13H28BNO9P2/c1-18-7-9(6-15)22-12-11(24-26(5,17)20-3)10(23-13(12)14)8-21-25(4,16)19-2/h9-13H,6-8,15H2,1-5H3/t9?,10-,11?,12+,13-,25?,26?/m1/s1. The van der Waals surface area contributed by atoms with Gasteiger partial charge >= 0.3 is 15.2 Å². The fraction of sp³-hybridized carbons (Fsp3) is 1.00. The van der Waals surface area contributed by atoms with Crippen LogP contribution in [0.15, 0.2) is 0 Å². The van der Waals surface area contributed by atoms with Crippen LogP contribution in [0.5, 0.6) is 0 Å². The lowest BCUT2D eigenvalue weighted by Crippen LogP contribution is -2.43. The number of nitrogens with two attached hydrogens (primary N) is 1. The molecule has 0 bridgehead atoms. The number of hydrogen-bond donors (Lipinski definition) is 1. The van der Waals surface area contributed by atoms with Crippen molar-refractivity contribution in [2.45, 2.75) is 30.4 Å². The van der Waals surface area contributed by atoms with Crippen LogP contribution in [0.1, 0.15) is 0 Å². The van der Waals surface area contributed by atoms with E-state index in [0.29, 0.717) is 0 Å². The maximum absolute atomic E-state index is 12.3. The maximum atomic E-state index is 12.3. The van der Waals surface area contributed by atoms with Crippen LogP contribution in [-0.2, 0) is 41.4 Å². The Morgan fingerprint density at radius 2 is 1.73 bits per heavy atom. The van der Waals surface area contributed by atoms with E-state index in [0.717, 1.165) is 0 Å². The fourth-order valence-electron chi connectivity index (χ4n) is 2.27. The van der Waals surface area contributed by atoms with Crippen LogP contribution >= 0.6 is 15.2 Å². The average molecular weight is 415 g/mol. The number of hydrogen-bond acceptors (Lipinski definition) is 10. The van der Waals surface area contributed by atoms with Crippen molar-refractivity contribution in [1.29, 1.82) is 0 Å². The van der Waals surface area contributed by atoms with Gasteiger partial charge in [0.05, 0.1) is 19.3 Å². The molecule has 0 spiro atoms. The number of ether oxygens (including phenoxy) is 3. The second kappa shape index (κ2) is 10.7. The molecule has 0 saturated carbocycles. The summed E-state index contributed by atoms with van der Waals surface area (Å²) in [5.41, 5.74) is 5.66. The first-order valence-corrected chi connectivity index (χ1v) is 11.9. The van der Waals surface area contributed by atoms with Crippen LogP contribution in [0.3, 0.4) is 0 Å². The van der Waals surface area contributed by atoms with E-state index in [1.54, 1.807) is 0 Å². The molecule has 7 atom stereocenters. The molecule has 13 heteroatoms. The molecule has 1 aliphatic rings. The highest BCUT2D eigenvalue weighted by atomic mass is 31.2. The van der Waals surface area contributed by atoms with Crippen LogP contribution < -0.4 is 5.73 Å². The molecule has 0 aromatic rings. The quantitative estimate of drug-likeness (QED) is 0.358. The van der Waals surface area contributed by atoms with Gasteiger partial charge in [-0.1, -0.05) is 0 Å². The molecular weight excluding hydrogens is 387 g/mol. The normalized spacial score (nSPS) is 32.1. The third kappa shape index (κ3) is 7.32. The first-order valence-electron chi connectivity index (χ1n) is 7.94. The molecule has 1 rings (SSSR count). The zero-order valence-electron chi connectivity index (χ0n) is 15.7. The van der Waals surface area contributed by atoms with E-state index >= 15 is 0 Å². The van der Waals surface area contributed by atoms with E-state index in [1.807, 2.05) is 0 Å². The summed E-state index contributed by atoms with van der Waals surface area (Å²) in [4.78, 5) is 0. The molecule has 152 valence electrons. The second-order valence-electron chi connectivity index (χ2n) is 5.83. The Kier molecular flexibility index (Phi) is 9.95. The Balaban J connectivity index is 2.95. The van der Waals surface area contributed by atoms with E-state index in [-0.39, 0.29) is 19.8 Å². The van der Waals surface area contributed by atoms with Crippen molar-refractivity contribution in [1.82, 2.24) is 0 Å². The van der Waals surface area contributed by atoms with Gasteiger partial charge in [-0.15, -0.1) is 0 Å². The molecule has 10 nitrogen and oxygen atoms in total. The van der Waals surface area contributed by atoms with Crippen molar-refractivity contribution in [2.75, 3.05) is 54.4 Å². The van der Waals surface area contributed by atoms with Crippen LogP contribution in [0.25, 0.3) is 0 Å². The Labute approximate surface area is 155 Å².